The Balaban J connectivity index is 3.87. The minimum atomic E-state index is -0.0125. The Bertz CT molecular complexity index is 538. The number of hydrogen-bond donors (Lipinski definition) is 1. The van der Waals surface area contributed by atoms with Gasteiger partial charge in [0.25, 0.3) is 0 Å². The molecule has 15 heavy (non-hydrogen) atoms. The third-order valence-corrected chi connectivity index (χ3v) is 2.40. The summed E-state index contributed by atoms with van der Waals surface area (Å²) in [6, 6.07) is 1.57. The molecule has 0 atom stereocenters. The summed E-state index contributed by atoms with van der Waals surface area (Å²) < 4.78 is 1.93. The molecule has 0 aliphatic carbocycles. The monoisotopic (exact) mass is 204 g/mol. The van der Waals surface area contributed by atoms with Gasteiger partial charge in [-0.15, -0.1) is 0 Å². The first-order chi connectivity index (χ1) is 7.15. The van der Waals surface area contributed by atoms with Gasteiger partial charge in [-0.2, -0.15) is 0 Å². The SMILES string of the molecule is C=C/C=c1/c(=O)cc(CN)n(C)/c1=C/C. The van der Waals surface area contributed by atoms with Crippen LogP contribution in [0.25, 0.3) is 12.2 Å². The Morgan fingerprint density at radius 1 is 1.60 bits per heavy atom. The van der Waals surface area contributed by atoms with E-state index in [-0.39, 0.29) is 5.43 Å². The molecule has 3 nitrogen and oxygen atoms in total. The summed E-state index contributed by atoms with van der Waals surface area (Å²) in [5.74, 6) is 0. The van der Waals surface area contributed by atoms with Crippen molar-refractivity contribution in [2.75, 3.05) is 0 Å². The van der Waals surface area contributed by atoms with E-state index in [1.165, 1.54) is 0 Å². The molecule has 0 spiro atoms. The minimum absolute atomic E-state index is 0.0125. The van der Waals surface area contributed by atoms with Crippen molar-refractivity contribution < 1.29 is 0 Å². The third-order valence-electron chi connectivity index (χ3n) is 2.40. The van der Waals surface area contributed by atoms with Gasteiger partial charge >= 0.3 is 0 Å². The summed E-state index contributed by atoms with van der Waals surface area (Å²) in [7, 11) is 1.90. The summed E-state index contributed by atoms with van der Waals surface area (Å²) in [6.07, 6.45) is 5.24. The molecule has 1 rings (SSSR count). The second kappa shape index (κ2) is 4.75. The predicted octanol–water partition coefficient (Wildman–Crippen LogP) is -0.389. The second-order valence-electron chi connectivity index (χ2n) is 3.25. The van der Waals surface area contributed by atoms with Crippen molar-refractivity contribution in [2.45, 2.75) is 13.5 Å². The van der Waals surface area contributed by atoms with Crippen LogP contribution in [0.1, 0.15) is 12.6 Å². The van der Waals surface area contributed by atoms with Crippen molar-refractivity contribution >= 4 is 12.2 Å². The number of aromatic nitrogens is 1. The number of hydrogen-bond acceptors (Lipinski definition) is 2. The predicted molar refractivity (Wildman–Crippen MR) is 63.6 cm³/mol. The van der Waals surface area contributed by atoms with Gasteiger partial charge in [0.05, 0.1) is 0 Å². The highest BCUT2D eigenvalue weighted by atomic mass is 16.1. The van der Waals surface area contributed by atoms with E-state index in [1.807, 2.05) is 24.6 Å². The van der Waals surface area contributed by atoms with Crippen LogP contribution in [0.4, 0.5) is 0 Å². The Labute approximate surface area is 88.8 Å². The van der Waals surface area contributed by atoms with E-state index in [4.69, 9.17) is 5.73 Å². The van der Waals surface area contributed by atoms with Crippen molar-refractivity contribution in [3.8, 4) is 0 Å². The maximum Gasteiger partial charge on any atom is 0.189 e. The second-order valence-corrected chi connectivity index (χ2v) is 3.25. The first-order valence-corrected chi connectivity index (χ1v) is 4.83. The largest absolute Gasteiger partial charge is 0.346 e. The molecule has 1 aromatic heterocycles. The lowest BCUT2D eigenvalue weighted by Gasteiger charge is -2.07. The Kier molecular flexibility index (Phi) is 3.63. The highest BCUT2D eigenvalue weighted by Crippen LogP contribution is 1.85. The molecule has 0 fully saturated rings. The minimum Gasteiger partial charge on any atom is -0.346 e. The van der Waals surface area contributed by atoms with E-state index in [9.17, 15) is 4.79 Å². The van der Waals surface area contributed by atoms with Crippen molar-refractivity contribution in [3.05, 3.63) is 45.2 Å². The molecule has 0 amide bonds. The molecule has 0 unspecified atom stereocenters. The van der Waals surface area contributed by atoms with Gasteiger partial charge in [-0.05, 0) is 13.0 Å². The molecule has 2 N–H and O–H groups in total. The molecule has 0 saturated carbocycles. The van der Waals surface area contributed by atoms with Crippen LogP contribution in [0.2, 0.25) is 0 Å². The fourth-order valence-corrected chi connectivity index (χ4v) is 1.62. The number of allylic oxidation sites excluding steroid dienone is 1. The summed E-state index contributed by atoms with van der Waals surface area (Å²) >= 11 is 0. The van der Waals surface area contributed by atoms with Crippen LogP contribution in [0, 0.1) is 0 Å². The van der Waals surface area contributed by atoms with Crippen molar-refractivity contribution in [1.82, 2.24) is 4.57 Å². The van der Waals surface area contributed by atoms with E-state index in [2.05, 4.69) is 6.58 Å². The molecule has 80 valence electrons. The number of nitrogens with two attached hydrogens (primary N) is 1. The zero-order valence-corrected chi connectivity index (χ0v) is 9.16. The Morgan fingerprint density at radius 3 is 2.73 bits per heavy atom. The molecule has 1 heterocycles. The quantitative estimate of drug-likeness (QED) is 0.713. The lowest BCUT2D eigenvalue weighted by atomic mass is 10.2. The first kappa shape index (κ1) is 11.5. The number of rotatable bonds is 2. The molecule has 0 bridgehead atoms. The highest BCUT2D eigenvalue weighted by Gasteiger charge is 1.99. The molecule has 0 aliphatic heterocycles. The summed E-state index contributed by atoms with van der Waals surface area (Å²) in [6.45, 7) is 5.86. The van der Waals surface area contributed by atoms with Gasteiger partial charge in [-0.3, -0.25) is 4.79 Å². The standard InChI is InChI=1S/C12H16N2O/c1-4-6-10-11(5-2)14(3)9(8-13)7-12(10)15/h4-7H,1,8,13H2,2-3H3/b10-6+,11-5+. The van der Waals surface area contributed by atoms with E-state index < -0.39 is 0 Å². The maximum absolute atomic E-state index is 11.8. The topological polar surface area (TPSA) is 48.0 Å². The molecule has 0 aromatic carbocycles. The lowest BCUT2D eigenvalue weighted by Crippen LogP contribution is -2.45. The van der Waals surface area contributed by atoms with Crippen LogP contribution >= 0.6 is 0 Å². The van der Waals surface area contributed by atoms with Crippen LogP contribution in [0.3, 0.4) is 0 Å². The molecule has 1 aromatic rings. The van der Waals surface area contributed by atoms with Gasteiger partial charge < -0.3 is 10.3 Å². The van der Waals surface area contributed by atoms with Crippen molar-refractivity contribution in [2.24, 2.45) is 12.8 Å². The zero-order chi connectivity index (χ0) is 11.4. The van der Waals surface area contributed by atoms with Crippen molar-refractivity contribution in [1.29, 1.82) is 0 Å². The van der Waals surface area contributed by atoms with Crippen molar-refractivity contribution in [3.63, 3.8) is 0 Å². The summed E-state index contributed by atoms with van der Waals surface area (Å²) in [5.41, 5.74) is 6.38. The lowest BCUT2D eigenvalue weighted by molar-refractivity contribution is 0.765. The normalized spacial score (nSPS) is 13.3. The fourth-order valence-electron chi connectivity index (χ4n) is 1.62. The van der Waals surface area contributed by atoms with Crippen LogP contribution < -0.4 is 21.7 Å². The van der Waals surface area contributed by atoms with E-state index >= 15 is 0 Å². The smallest absolute Gasteiger partial charge is 0.189 e. The van der Waals surface area contributed by atoms with Crippen LogP contribution in [-0.4, -0.2) is 4.57 Å². The van der Waals surface area contributed by atoms with Crippen LogP contribution in [0.15, 0.2) is 23.5 Å². The van der Waals surface area contributed by atoms with E-state index in [1.54, 1.807) is 18.2 Å². The fraction of sp³-hybridized carbons (Fsp3) is 0.250. The zero-order valence-electron chi connectivity index (χ0n) is 9.16. The summed E-state index contributed by atoms with van der Waals surface area (Å²) in [4.78, 5) is 11.8. The van der Waals surface area contributed by atoms with Crippen LogP contribution in [-0.2, 0) is 13.6 Å². The van der Waals surface area contributed by atoms with Gasteiger partial charge in [-0.1, -0.05) is 18.7 Å². The number of pyridine rings is 1. The average Bonchev–Trinajstić information content (AvgIpc) is 2.23. The third kappa shape index (κ3) is 2.07. The highest BCUT2D eigenvalue weighted by molar-refractivity contribution is 5.37. The van der Waals surface area contributed by atoms with Gasteiger partial charge in [0, 0.05) is 35.9 Å². The average molecular weight is 204 g/mol. The Hall–Kier alpha value is -1.61. The van der Waals surface area contributed by atoms with E-state index in [0.717, 1.165) is 11.0 Å². The van der Waals surface area contributed by atoms with Crippen LogP contribution in [0.5, 0.6) is 0 Å². The molecular weight excluding hydrogens is 188 g/mol. The first-order valence-electron chi connectivity index (χ1n) is 4.83. The molecule has 0 radical (unpaired) electrons. The Morgan fingerprint density at radius 2 is 2.27 bits per heavy atom. The maximum atomic E-state index is 11.8. The van der Waals surface area contributed by atoms with Gasteiger partial charge in [0.15, 0.2) is 5.43 Å². The van der Waals surface area contributed by atoms with Gasteiger partial charge in [0.2, 0.25) is 0 Å². The molecule has 3 heteroatoms. The van der Waals surface area contributed by atoms with Gasteiger partial charge in [-0.25, -0.2) is 0 Å². The summed E-state index contributed by atoms with van der Waals surface area (Å²) in [5, 5.41) is 1.54. The number of nitrogens with zero attached hydrogens (tertiary/aromatic N) is 1. The molecule has 0 aliphatic rings. The molecular formula is C12H16N2O. The molecule has 0 saturated heterocycles. The van der Waals surface area contributed by atoms with Gasteiger partial charge in [0.1, 0.15) is 0 Å². The van der Waals surface area contributed by atoms with E-state index in [0.29, 0.717) is 11.8 Å².